The Morgan fingerprint density at radius 2 is 1.87 bits per heavy atom. The molecular weight excluding hydrogens is 422 g/mol. The smallest absolute Gasteiger partial charge is 0.264 e. The van der Waals surface area contributed by atoms with Crippen LogP contribution in [0.4, 0.5) is 0 Å². The first-order chi connectivity index (χ1) is 14.6. The summed E-state index contributed by atoms with van der Waals surface area (Å²) in [5.41, 5.74) is 4.35. The molecule has 0 aliphatic rings. The maximum atomic E-state index is 12.6. The fourth-order valence-corrected chi connectivity index (χ4v) is 4.07. The number of benzene rings is 1. The second-order valence-electron chi connectivity index (χ2n) is 7.46. The number of hydroxylamine groups is 1. The molecule has 3 rings (SSSR count). The van der Waals surface area contributed by atoms with Crippen LogP contribution in [0.2, 0.25) is 0 Å². The third-order valence-electron chi connectivity index (χ3n) is 5.40. The summed E-state index contributed by atoms with van der Waals surface area (Å²) in [7, 11) is -3.84. The molecule has 0 spiro atoms. The van der Waals surface area contributed by atoms with Gasteiger partial charge in [0.15, 0.2) is 14.6 Å². The van der Waals surface area contributed by atoms with E-state index < -0.39 is 20.5 Å². The van der Waals surface area contributed by atoms with Crippen molar-refractivity contribution in [2.24, 2.45) is 0 Å². The van der Waals surface area contributed by atoms with Crippen molar-refractivity contribution in [3.05, 3.63) is 64.8 Å². The van der Waals surface area contributed by atoms with Crippen LogP contribution in [0.5, 0.6) is 0 Å². The molecule has 31 heavy (non-hydrogen) atoms. The van der Waals surface area contributed by atoms with Gasteiger partial charge in [0.25, 0.3) is 11.5 Å². The molecule has 10 nitrogen and oxygen atoms in total. The minimum absolute atomic E-state index is 0.0149. The number of carbonyl (C=O) groups is 1. The van der Waals surface area contributed by atoms with E-state index in [1.807, 2.05) is 25.1 Å². The molecule has 2 N–H and O–H groups in total. The van der Waals surface area contributed by atoms with Gasteiger partial charge in [-0.3, -0.25) is 14.8 Å². The van der Waals surface area contributed by atoms with Crippen molar-refractivity contribution in [1.82, 2.24) is 25.0 Å². The Hall–Kier alpha value is -3.31. The molecule has 0 fully saturated rings. The lowest BCUT2D eigenvalue weighted by atomic mass is 10.0. The fourth-order valence-electron chi connectivity index (χ4n) is 3.22. The van der Waals surface area contributed by atoms with E-state index in [1.165, 1.54) is 27.8 Å². The molecule has 3 aromatic rings. The van der Waals surface area contributed by atoms with Gasteiger partial charge in [-0.15, -0.1) is 0 Å². The van der Waals surface area contributed by atoms with Crippen molar-refractivity contribution in [3.8, 4) is 16.8 Å². The number of carbonyl (C=O) groups excluding carboxylic acids is 1. The average Bonchev–Trinajstić information content (AvgIpc) is 3.26. The predicted molar refractivity (Wildman–Crippen MR) is 114 cm³/mol. The number of amides is 1. The van der Waals surface area contributed by atoms with E-state index in [1.54, 1.807) is 24.7 Å². The van der Waals surface area contributed by atoms with Crippen LogP contribution in [0.25, 0.3) is 16.8 Å². The van der Waals surface area contributed by atoms with E-state index >= 15 is 0 Å². The van der Waals surface area contributed by atoms with Crippen LogP contribution >= 0.6 is 0 Å². The molecule has 0 aliphatic carbocycles. The van der Waals surface area contributed by atoms with Crippen LogP contribution in [0.1, 0.15) is 18.9 Å². The standard InChI is InChI=1S/C20H23N5O5S/c1-14-12-16(25-21-8-9-22-25)4-5-17(14)15-6-10-24(18(26)13-15)11-7-20(2,19(27)23-28)31(3,29)30/h4-6,8-10,12-13,28H,7,11H2,1-3H3,(H,23,27). The molecule has 1 aromatic carbocycles. The Balaban J connectivity index is 1.85. The van der Waals surface area contributed by atoms with Crippen LogP contribution in [0.3, 0.4) is 0 Å². The largest absolute Gasteiger partial charge is 0.315 e. The average molecular weight is 446 g/mol. The van der Waals surface area contributed by atoms with Gasteiger partial charge in [0.2, 0.25) is 0 Å². The van der Waals surface area contributed by atoms with E-state index in [2.05, 4.69) is 10.2 Å². The van der Waals surface area contributed by atoms with Crippen molar-refractivity contribution in [1.29, 1.82) is 0 Å². The molecule has 0 saturated carbocycles. The summed E-state index contributed by atoms with van der Waals surface area (Å²) in [5.74, 6) is -1.04. The Morgan fingerprint density at radius 3 is 2.42 bits per heavy atom. The van der Waals surface area contributed by atoms with E-state index in [0.29, 0.717) is 5.56 Å². The summed E-state index contributed by atoms with van der Waals surface area (Å²) < 4.78 is 23.6. The number of sulfone groups is 1. The molecule has 1 amide bonds. The zero-order valence-electron chi connectivity index (χ0n) is 17.3. The molecule has 2 aromatic heterocycles. The van der Waals surface area contributed by atoms with E-state index in [0.717, 1.165) is 23.1 Å². The molecule has 2 heterocycles. The van der Waals surface area contributed by atoms with Crippen molar-refractivity contribution in [2.75, 3.05) is 6.26 Å². The van der Waals surface area contributed by atoms with E-state index in [9.17, 15) is 18.0 Å². The van der Waals surface area contributed by atoms with E-state index in [-0.39, 0.29) is 18.5 Å². The minimum atomic E-state index is -3.84. The Labute approximate surface area is 179 Å². The lowest BCUT2D eigenvalue weighted by Crippen LogP contribution is -2.49. The summed E-state index contributed by atoms with van der Waals surface area (Å²) in [5, 5.41) is 17.1. The maximum absolute atomic E-state index is 12.6. The van der Waals surface area contributed by atoms with Crippen molar-refractivity contribution in [2.45, 2.75) is 31.6 Å². The Bertz CT molecular complexity index is 1270. The Kier molecular flexibility index (Phi) is 6.09. The fraction of sp³-hybridized carbons (Fsp3) is 0.300. The van der Waals surface area contributed by atoms with Gasteiger partial charge in [-0.1, -0.05) is 6.07 Å². The summed E-state index contributed by atoms with van der Waals surface area (Å²) in [6, 6.07) is 8.84. The highest BCUT2D eigenvalue weighted by Gasteiger charge is 2.43. The number of hydrogen-bond acceptors (Lipinski definition) is 7. The molecule has 1 unspecified atom stereocenters. The number of rotatable bonds is 7. The number of nitrogens with zero attached hydrogens (tertiary/aromatic N) is 4. The molecule has 0 bridgehead atoms. The normalized spacial score (nSPS) is 13.5. The summed E-state index contributed by atoms with van der Waals surface area (Å²) in [6.07, 6.45) is 5.46. The second kappa shape index (κ2) is 8.44. The zero-order valence-corrected chi connectivity index (χ0v) is 18.1. The van der Waals surface area contributed by atoms with Gasteiger partial charge in [-0.05, 0) is 55.2 Å². The molecule has 1 atom stereocenters. The summed E-state index contributed by atoms with van der Waals surface area (Å²) >= 11 is 0. The molecular formula is C20H23N5O5S. The van der Waals surface area contributed by atoms with Crippen LogP contribution in [-0.2, 0) is 21.2 Å². The van der Waals surface area contributed by atoms with Gasteiger partial charge >= 0.3 is 0 Å². The molecule has 0 saturated heterocycles. The van der Waals surface area contributed by atoms with Gasteiger partial charge in [-0.2, -0.15) is 15.0 Å². The molecule has 11 heteroatoms. The molecule has 164 valence electrons. The van der Waals surface area contributed by atoms with Crippen LogP contribution in [0.15, 0.2) is 53.7 Å². The highest BCUT2D eigenvalue weighted by molar-refractivity contribution is 7.92. The van der Waals surface area contributed by atoms with Crippen molar-refractivity contribution >= 4 is 15.7 Å². The highest BCUT2D eigenvalue weighted by Crippen LogP contribution is 2.25. The number of aryl methyl sites for hydroxylation is 2. The first kappa shape index (κ1) is 22.4. The molecule has 0 aliphatic heterocycles. The third kappa shape index (κ3) is 4.42. The lowest BCUT2D eigenvalue weighted by molar-refractivity contribution is -0.131. The number of pyridine rings is 1. The number of aromatic nitrogens is 4. The summed E-state index contributed by atoms with van der Waals surface area (Å²) in [4.78, 5) is 26.1. The van der Waals surface area contributed by atoms with Gasteiger partial charge < -0.3 is 4.57 Å². The minimum Gasteiger partial charge on any atom is -0.315 e. The highest BCUT2D eigenvalue weighted by atomic mass is 32.2. The van der Waals surface area contributed by atoms with Crippen molar-refractivity contribution in [3.63, 3.8) is 0 Å². The predicted octanol–water partition coefficient (Wildman–Crippen LogP) is 1.10. The number of hydrogen-bond donors (Lipinski definition) is 2. The quantitative estimate of drug-likeness (QED) is 0.410. The monoisotopic (exact) mass is 445 g/mol. The first-order valence-electron chi connectivity index (χ1n) is 9.39. The topological polar surface area (TPSA) is 136 Å². The number of nitrogens with one attached hydrogen (secondary N) is 1. The third-order valence-corrected chi connectivity index (χ3v) is 7.42. The first-order valence-corrected chi connectivity index (χ1v) is 11.3. The Morgan fingerprint density at radius 1 is 1.19 bits per heavy atom. The van der Waals surface area contributed by atoms with Gasteiger partial charge in [-0.25, -0.2) is 13.9 Å². The van der Waals surface area contributed by atoms with Crippen LogP contribution in [-0.4, -0.2) is 50.1 Å². The maximum Gasteiger partial charge on any atom is 0.264 e. The van der Waals surface area contributed by atoms with Gasteiger partial charge in [0, 0.05) is 25.1 Å². The van der Waals surface area contributed by atoms with E-state index in [4.69, 9.17) is 5.21 Å². The zero-order chi connectivity index (χ0) is 22.8. The second-order valence-corrected chi connectivity index (χ2v) is 9.90. The van der Waals surface area contributed by atoms with Crippen LogP contribution < -0.4 is 11.0 Å². The SMILES string of the molecule is Cc1cc(-n2nccn2)ccc1-c1ccn(CCC(C)(C(=O)NO)S(C)(=O)=O)c(=O)c1. The molecule has 0 radical (unpaired) electrons. The summed E-state index contributed by atoms with van der Waals surface area (Å²) in [6.45, 7) is 3.12. The lowest BCUT2D eigenvalue weighted by Gasteiger charge is -2.25. The van der Waals surface area contributed by atoms with Crippen LogP contribution in [0, 0.1) is 6.92 Å². The van der Waals surface area contributed by atoms with Gasteiger partial charge in [0.1, 0.15) is 0 Å². The van der Waals surface area contributed by atoms with Crippen molar-refractivity contribution < 1.29 is 18.4 Å². The van der Waals surface area contributed by atoms with Gasteiger partial charge in [0.05, 0.1) is 18.1 Å².